The number of rotatable bonds is 0. The molecule has 1 aliphatic rings. The van der Waals surface area contributed by atoms with Crippen LogP contribution in [0.3, 0.4) is 0 Å². The van der Waals surface area contributed by atoms with Crippen molar-refractivity contribution in [1.29, 1.82) is 5.26 Å². The summed E-state index contributed by atoms with van der Waals surface area (Å²) in [5.74, 6) is -0.154. The first-order valence-corrected chi connectivity index (χ1v) is 3.01. The summed E-state index contributed by atoms with van der Waals surface area (Å²) in [4.78, 5) is 7.25. The van der Waals surface area contributed by atoms with Crippen LogP contribution in [0.5, 0.6) is 0 Å². The maximum Gasteiger partial charge on any atom is 0.0697 e. The Morgan fingerprint density at radius 3 is 2.21 bits per heavy atom. The van der Waals surface area contributed by atoms with Crippen LogP contribution in [0.2, 0.25) is 0 Å². The van der Waals surface area contributed by atoms with Gasteiger partial charge in [-0.05, 0) is 19.2 Å². The summed E-state index contributed by atoms with van der Waals surface area (Å²) in [5, 5.41) is 8.44. The van der Waals surface area contributed by atoms with Crippen molar-refractivity contribution in [3.8, 4) is 6.07 Å². The standard InChI is InChI=1S/C7H9N.3CH3.NO.W/c8-6-7-4-2-1-3-5-7;;;;1-2;/h2,4,7H,1,3,5H2;3*1H3;;/q;4*-1;/t7-;;;;;/m0...../s1/i5D;;;;;/t5-,7-;;;;;. The molecule has 0 saturated carbocycles. The molecule has 1 aliphatic carbocycles. The van der Waals surface area contributed by atoms with Crippen molar-refractivity contribution < 1.29 is 22.4 Å². The van der Waals surface area contributed by atoms with Gasteiger partial charge in [-0.1, -0.05) is 12.2 Å². The van der Waals surface area contributed by atoms with Gasteiger partial charge in [0.1, 0.15) is 0 Å². The molecule has 0 spiro atoms. The largest absolute Gasteiger partial charge is 0.577 e. The van der Waals surface area contributed by atoms with Crippen molar-refractivity contribution in [1.82, 2.24) is 0 Å². The Bertz CT molecular complexity index is 183. The van der Waals surface area contributed by atoms with E-state index >= 15 is 0 Å². The van der Waals surface area contributed by atoms with E-state index in [0.29, 0.717) is 0 Å². The zero-order chi connectivity index (χ0) is 8.69. The molecule has 0 fully saturated rings. The van der Waals surface area contributed by atoms with E-state index in [1.54, 1.807) is 0 Å². The minimum Gasteiger partial charge on any atom is -0.577 e. The van der Waals surface area contributed by atoms with Gasteiger partial charge in [-0.2, -0.15) is 5.26 Å². The molecular formula is C10H18N2OW-4. The smallest absolute Gasteiger partial charge is 0.0697 e. The van der Waals surface area contributed by atoms with E-state index in [9.17, 15) is 0 Å². The van der Waals surface area contributed by atoms with Crippen LogP contribution in [0.1, 0.15) is 20.6 Å². The van der Waals surface area contributed by atoms with Gasteiger partial charge in [0.15, 0.2) is 0 Å². The maximum absolute atomic E-state index is 8.44. The molecular weight excluding hydrogens is 348 g/mol. The number of nitroso groups, excluding NO2 is 1. The van der Waals surface area contributed by atoms with Crippen molar-refractivity contribution in [2.24, 2.45) is 5.92 Å². The van der Waals surface area contributed by atoms with E-state index in [1.165, 1.54) is 0 Å². The summed E-state index contributed by atoms with van der Waals surface area (Å²) >= 11 is 0. The first-order valence-electron chi connectivity index (χ1n) is 3.59. The van der Waals surface area contributed by atoms with Crippen molar-refractivity contribution in [3.05, 3.63) is 44.9 Å². The second-order valence-corrected chi connectivity index (χ2v) is 1.90. The minimum absolute atomic E-state index is 0. The Balaban J connectivity index is -0.0000000526. The molecule has 0 radical (unpaired) electrons. The van der Waals surface area contributed by atoms with Crippen molar-refractivity contribution in [2.75, 3.05) is 0 Å². The van der Waals surface area contributed by atoms with E-state index in [0.717, 1.165) is 12.8 Å². The van der Waals surface area contributed by atoms with Crippen LogP contribution < -0.4 is 0 Å². The second kappa shape index (κ2) is 22.9. The topological polar surface area (TPSA) is 63.2 Å². The van der Waals surface area contributed by atoms with Crippen LogP contribution in [0.15, 0.2) is 12.2 Å². The minimum atomic E-state index is -0.181. The molecule has 0 saturated heterocycles. The Morgan fingerprint density at radius 2 is 1.93 bits per heavy atom. The zero-order valence-corrected chi connectivity index (χ0v) is 11.9. The van der Waals surface area contributed by atoms with Gasteiger partial charge >= 0.3 is 0 Å². The van der Waals surface area contributed by atoms with Gasteiger partial charge in [0.05, 0.1) is 12.0 Å². The van der Waals surface area contributed by atoms with Crippen LogP contribution in [0.25, 0.3) is 5.59 Å². The Labute approximate surface area is 104 Å². The fourth-order valence-electron chi connectivity index (χ4n) is 0.789. The van der Waals surface area contributed by atoms with E-state index in [4.69, 9.17) is 17.1 Å². The summed E-state index contributed by atoms with van der Waals surface area (Å²) in [6, 6.07) is 2.08. The third kappa shape index (κ3) is 14.1. The fourth-order valence-corrected chi connectivity index (χ4v) is 0.789. The third-order valence-corrected chi connectivity index (χ3v) is 1.25. The molecule has 0 aromatic carbocycles. The maximum atomic E-state index is 8.44. The van der Waals surface area contributed by atoms with Gasteiger partial charge < -0.3 is 32.8 Å². The molecule has 1 rings (SSSR count). The Morgan fingerprint density at radius 1 is 1.43 bits per heavy atom. The van der Waals surface area contributed by atoms with Crippen LogP contribution >= 0.6 is 0 Å². The fraction of sp³-hybridized carbons (Fsp3) is 0.400. The van der Waals surface area contributed by atoms with Crippen molar-refractivity contribution in [2.45, 2.75) is 19.2 Å². The van der Waals surface area contributed by atoms with Gasteiger partial charge in [-0.3, -0.25) is 0 Å². The van der Waals surface area contributed by atoms with Gasteiger partial charge in [0, 0.05) is 22.4 Å². The van der Waals surface area contributed by atoms with Gasteiger partial charge in [-0.15, -0.1) is 0 Å². The van der Waals surface area contributed by atoms with Gasteiger partial charge in [-0.25, -0.2) is 0 Å². The van der Waals surface area contributed by atoms with E-state index in [1.807, 2.05) is 12.2 Å². The van der Waals surface area contributed by atoms with E-state index in [-0.39, 0.29) is 55.7 Å². The number of hydrogen-bond donors (Lipinski definition) is 0. The number of nitriles is 1. The summed E-state index contributed by atoms with van der Waals surface area (Å²) < 4.78 is 7.36. The average molecular weight is 367 g/mol. The van der Waals surface area contributed by atoms with Crippen LogP contribution in [0.4, 0.5) is 0 Å². The number of hydrogen-bond acceptors (Lipinski definition) is 2. The normalized spacial score (nSPS) is 22.1. The van der Waals surface area contributed by atoms with Crippen molar-refractivity contribution in [3.63, 3.8) is 0 Å². The second-order valence-electron chi connectivity index (χ2n) is 1.90. The van der Waals surface area contributed by atoms with E-state index in [2.05, 4.69) is 6.07 Å². The molecule has 0 aromatic rings. The quantitative estimate of drug-likeness (QED) is 0.486. The molecule has 0 aliphatic heterocycles. The van der Waals surface area contributed by atoms with Gasteiger partial charge in [0.25, 0.3) is 0 Å². The zero-order valence-electron chi connectivity index (χ0n) is 9.93. The molecule has 2 atom stereocenters. The number of allylic oxidation sites excluding steroid dienone is 2. The summed E-state index contributed by atoms with van der Waals surface area (Å²) in [6.45, 7) is 0. The van der Waals surface area contributed by atoms with Gasteiger partial charge in [0.2, 0.25) is 0 Å². The van der Waals surface area contributed by atoms with Crippen LogP contribution in [-0.2, 0) is 21.1 Å². The Hall–Kier alpha value is -0.482. The molecule has 0 N–H and O–H groups in total. The molecule has 0 unspecified atom stereocenters. The summed E-state index contributed by atoms with van der Waals surface area (Å²) in [6.07, 6.45) is 5.45. The SMILES string of the molecule is [2H][C@H]1CCC=C[C@@H]1C#N.[CH3-].[CH3-].[CH3-].[N-]=O.[W]. The number of nitrogens with zero attached hydrogens (tertiary/aromatic N) is 2. The third-order valence-electron chi connectivity index (χ3n) is 1.25. The molecule has 14 heavy (non-hydrogen) atoms. The van der Waals surface area contributed by atoms with E-state index < -0.39 is 0 Å². The first kappa shape index (κ1) is 23.4. The Kier molecular flexibility index (Phi) is 38.2. The molecule has 3 nitrogen and oxygen atoms in total. The molecule has 0 amide bonds. The predicted molar refractivity (Wildman–Crippen MR) is 58.1 cm³/mol. The average Bonchev–Trinajstić information content (AvgIpc) is 2.09. The predicted octanol–water partition coefficient (Wildman–Crippen LogP) is 3.54. The molecule has 4 heteroatoms. The van der Waals surface area contributed by atoms with Crippen LogP contribution in [0, 0.1) is 44.4 Å². The van der Waals surface area contributed by atoms with Crippen LogP contribution in [-0.4, -0.2) is 0 Å². The summed E-state index contributed by atoms with van der Waals surface area (Å²) in [7, 11) is 0. The monoisotopic (exact) mass is 367 g/mol. The molecule has 0 aromatic heterocycles. The molecule has 84 valence electrons. The van der Waals surface area contributed by atoms with Crippen molar-refractivity contribution >= 4 is 0 Å². The molecule has 0 bridgehead atoms. The first-order chi connectivity index (χ1) is 5.34. The summed E-state index contributed by atoms with van der Waals surface area (Å²) in [5.41, 5.74) is 5.75. The molecule has 0 heterocycles.